The predicted molar refractivity (Wildman–Crippen MR) is 89.3 cm³/mol. The molecule has 0 aliphatic carbocycles. The van der Waals surface area contributed by atoms with Crippen LogP contribution in [-0.4, -0.2) is 14.4 Å². The van der Waals surface area contributed by atoms with Crippen molar-refractivity contribution in [3.63, 3.8) is 0 Å². The minimum atomic E-state index is -1.65. The molecule has 0 aromatic heterocycles. The molecule has 1 atom stereocenters. The lowest BCUT2D eigenvalue weighted by molar-refractivity contribution is 0.228. The molecule has 0 heterocycles. The molecule has 100 valence electrons. The summed E-state index contributed by atoms with van der Waals surface area (Å²) in [6.45, 7) is 13.6. The molecule has 0 radical (unpaired) electrons. The second kappa shape index (κ2) is 7.74. The standard InChI is InChI=1S/C14H27IOSi/c1-7-8-9-10-13(11-12-15)16-17(5,6)14(2,3)4/h8-9,11-13H,7,10H2,1-6H3. The van der Waals surface area contributed by atoms with E-state index in [0.717, 1.165) is 12.8 Å². The van der Waals surface area contributed by atoms with E-state index in [1.807, 2.05) is 0 Å². The molecule has 0 fully saturated rings. The van der Waals surface area contributed by atoms with Crippen molar-refractivity contribution in [2.24, 2.45) is 0 Å². The SMILES string of the molecule is CCC=CCC(C=CI)O[Si](C)(C)C(C)(C)C. The molecule has 0 saturated carbocycles. The van der Waals surface area contributed by atoms with Crippen LogP contribution in [0.5, 0.6) is 0 Å². The van der Waals surface area contributed by atoms with Gasteiger partial charge in [-0.1, -0.05) is 68.5 Å². The summed E-state index contributed by atoms with van der Waals surface area (Å²) in [5.41, 5.74) is 0. The Bertz CT molecular complexity index is 264. The zero-order valence-corrected chi connectivity index (χ0v) is 15.2. The number of rotatable bonds is 6. The smallest absolute Gasteiger partial charge is 0.192 e. The summed E-state index contributed by atoms with van der Waals surface area (Å²) >= 11 is 2.27. The molecule has 0 spiro atoms. The minimum Gasteiger partial charge on any atom is -0.410 e. The number of hydrogen-bond acceptors (Lipinski definition) is 1. The summed E-state index contributed by atoms with van der Waals surface area (Å²) in [6.07, 6.45) is 8.93. The van der Waals surface area contributed by atoms with Crippen LogP contribution in [0.4, 0.5) is 0 Å². The molecule has 1 unspecified atom stereocenters. The van der Waals surface area contributed by atoms with Crippen molar-refractivity contribution < 1.29 is 4.43 Å². The fraction of sp³-hybridized carbons (Fsp3) is 0.714. The Labute approximate surface area is 122 Å². The summed E-state index contributed by atoms with van der Waals surface area (Å²) in [6, 6.07) is 0. The second-order valence-corrected chi connectivity index (χ2v) is 11.3. The Hall–Kier alpha value is 0.387. The van der Waals surface area contributed by atoms with Crippen molar-refractivity contribution in [1.82, 2.24) is 0 Å². The third kappa shape index (κ3) is 6.77. The van der Waals surface area contributed by atoms with Crippen LogP contribution in [0.15, 0.2) is 22.3 Å². The van der Waals surface area contributed by atoms with Crippen LogP contribution < -0.4 is 0 Å². The third-order valence-electron chi connectivity index (χ3n) is 3.31. The maximum absolute atomic E-state index is 6.39. The third-order valence-corrected chi connectivity index (χ3v) is 8.23. The summed E-state index contributed by atoms with van der Waals surface area (Å²) < 4.78 is 8.45. The molecule has 0 aromatic carbocycles. The van der Waals surface area contributed by atoms with Crippen molar-refractivity contribution in [3.8, 4) is 0 Å². The summed E-state index contributed by atoms with van der Waals surface area (Å²) in [7, 11) is -1.65. The Balaban J connectivity index is 4.59. The van der Waals surface area contributed by atoms with Gasteiger partial charge in [-0.25, -0.2) is 0 Å². The average molecular weight is 366 g/mol. The highest BCUT2D eigenvalue weighted by Gasteiger charge is 2.38. The molecular weight excluding hydrogens is 339 g/mol. The van der Waals surface area contributed by atoms with Crippen LogP contribution in [0.25, 0.3) is 0 Å². The van der Waals surface area contributed by atoms with Crippen LogP contribution in [0.2, 0.25) is 18.1 Å². The van der Waals surface area contributed by atoms with Gasteiger partial charge >= 0.3 is 0 Å². The molecule has 3 heteroatoms. The normalized spacial score (nSPS) is 15.9. The van der Waals surface area contributed by atoms with Crippen molar-refractivity contribution in [2.75, 3.05) is 0 Å². The van der Waals surface area contributed by atoms with E-state index in [4.69, 9.17) is 4.43 Å². The van der Waals surface area contributed by atoms with Gasteiger partial charge in [0.05, 0.1) is 6.10 Å². The first-order chi connectivity index (χ1) is 7.74. The van der Waals surface area contributed by atoms with Crippen LogP contribution in [0.3, 0.4) is 0 Å². The van der Waals surface area contributed by atoms with Gasteiger partial charge in [-0.2, -0.15) is 0 Å². The summed E-state index contributed by atoms with van der Waals surface area (Å²) in [5, 5.41) is 0.277. The van der Waals surface area contributed by atoms with E-state index in [0.29, 0.717) is 0 Å². The van der Waals surface area contributed by atoms with Crippen LogP contribution in [0.1, 0.15) is 40.5 Å². The monoisotopic (exact) mass is 366 g/mol. The average Bonchev–Trinajstić information content (AvgIpc) is 2.16. The Morgan fingerprint density at radius 1 is 1.24 bits per heavy atom. The largest absolute Gasteiger partial charge is 0.410 e. The summed E-state index contributed by atoms with van der Waals surface area (Å²) in [5.74, 6) is 0. The van der Waals surface area contributed by atoms with Crippen LogP contribution in [-0.2, 0) is 4.43 Å². The lowest BCUT2D eigenvalue weighted by Gasteiger charge is -2.38. The molecule has 0 aliphatic rings. The van der Waals surface area contributed by atoms with Crippen LogP contribution in [0, 0.1) is 0 Å². The van der Waals surface area contributed by atoms with Gasteiger partial charge in [0.2, 0.25) is 0 Å². The van der Waals surface area contributed by atoms with Gasteiger partial charge in [0.15, 0.2) is 8.32 Å². The lowest BCUT2D eigenvalue weighted by atomic mass is 10.2. The van der Waals surface area contributed by atoms with E-state index in [1.54, 1.807) is 0 Å². The maximum Gasteiger partial charge on any atom is 0.192 e. The van der Waals surface area contributed by atoms with Crippen molar-refractivity contribution in [3.05, 3.63) is 22.3 Å². The van der Waals surface area contributed by atoms with Gasteiger partial charge in [0.1, 0.15) is 0 Å². The Morgan fingerprint density at radius 2 is 1.82 bits per heavy atom. The maximum atomic E-state index is 6.39. The van der Waals surface area contributed by atoms with E-state index in [2.05, 4.69) is 85.7 Å². The summed E-state index contributed by atoms with van der Waals surface area (Å²) in [4.78, 5) is 0. The van der Waals surface area contributed by atoms with Gasteiger partial charge in [0, 0.05) is 0 Å². The minimum absolute atomic E-state index is 0.232. The molecule has 0 rings (SSSR count). The molecule has 0 bridgehead atoms. The molecular formula is C14H27IOSi. The highest BCUT2D eigenvalue weighted by atomic mass is 127. The molecule has 17 heavy (non-hydrogen) atoms. The molecule has 0 N–H and O–H groups in total. The van der Waals surface area contributed by atoms with E-state index < -0.39 is 8.32 Å². The highest BCUT2D eigenvalue weighted by molar-refractivity contribution is 14.1. The van der Waals surface area contributed by atoms with Crippen molar-refractivity contribution in [2.45, 2.75) is 64.8 Å². The lowest BCUT2D eigenvalue weighted by Crippen LogP contribution is -2.43. The number of halogens is 1. The highest BCUT2D eigenvalue weighted by Crippen LogP contribution is 2.37. The van der Waals surface area contributed by atoms with E-state index in [9.17, 15) is 0 Å². The quantitative estimate of drug-likeness (QED) is 0.334. The first kappa shape index (κ1) is 17.4. The van der Waals surface area contributed by atoms with Gasteiger partial charge < -0.3 is 4.43 Å². The Morgan fingerprint density at radius 3 is 2.24 bits per heavy atom. The second-order valence-electron chi connectivity index (χ2n) is 5.85. The van der Waals surface area contributed by atoms with E-state index in [-0.39, 0.29) is 11.1 Å². The molecule has 0 saturated heterocycles. The zero-order chi connectivity index (χ0) is 13.5. The van der Waals surface area contributed by atoms with Gasteiger partial charge in [-0.05, 0) is 35.1 Å². The first-order valence-electron chi connectivity index (χ1n) is 6.34. The molecule has 1 nitrogen and oxygen atoms in total. The number of allylic oxidation sites excluding steroid dienone is 1. The Kier molecular flexibility index (Phi) is 7.92. The fourth-order valence-electron chi connectivity index (χ4n) is 1.20. The van der Waals surface area contributed by atoms with Gasteiger partial charge in [0.25, 0.3) is 0 Å². The first-order valence-corrected chi connectivity index (χ1v) is 10.5. The molecule has 0 aromatic rings. The molecule has 0 amide bonds. The zero-order valence-electron chi connectivity index (χ0n) is 12.1. The van der Waals surface area contributed by atoms with Gasteiger partial charge in [-0.15, -0.1) is 0 Å². The predicted octanol–water partition coefficient (Wildman–Crippen LogP) is 5.68. The van der Waals surface area contributed by atoms with Crippen molar-refractivity contribution in [1.29, 1.82) is 0 Å². The topological polar surface area (TPSA) is 9.23 Å². The molecule has 0 aliphatic heterocycles. The van der Waals surface area contributed by atoms with E-state index >= 15 is 0 Å². The van der Waals surface area contributed by atoms with E-state index in [1.165, 1.54) is 0 Å². The van der Waals surface area contributed by atoms with Gasteiger partial charge in [-0.3, -0.25) is 0 Å². The van der Waals surface area contributed by atoms with Crippen molar-refractivity contribution >= 4 is 30.9 Å². The van der Waals surface area contributed by atoms with Crippen LogP contribution >= 0.6 is 22.6 Å². The number of hydrogen-bond donors (Lipinski definition) is 0. The fourth-order valence-corrected chi connectivity index (χ4v) is 2.95.